The van der Waals surface area contributed by atoms with E-state index in [-0.39, 0.29) is 11.2 Å². The number of hydrogen-bond acceptors (Lipinski definition) is 3. The van der Waals surface area contributed by atoms with Crippen molar-refractivity contribution in [2.45, 2.75) is 19.3 Å². The SMILES string of the molecule is COc1ccc(/C=C2/c3cc(O)ccc3CC23C=C2CC=C(O)C=C2C3)cc1. The number of ether oxygens (including phenoxy) is 1. The van der Waals surface area contributed by atoms with Crippen molar-refractivity contribution >= 4 is 11.6 Å². The van der Waals surface area contributed by atoms with Crippen molar-refractivity contribution in [2.24, 2.45) is 5.41 Å². The number of fused-ring (bicyclic) bond motifs is 2. The van der Waals surface area contributed by atoms with Crippen molar-refractivity contribution in [3.63, 3.8) is 0 Å². The number of phenols is 1. The van der Waals surface area contributed by atoms with E-state index in [0.29, 0.717) is 5.76 Å². The van der Waals surface area contributed by atoms with Crippen molar-refractivity contribution in [1.29, 1.82) is 0 Å². The van der Waals surface area contributed by atoms with E-state index in [9.17, 15) is 10.2 Å². The van der Waals surface area contributed by atoms with Crippen LogP contribution in [0.5, 0.6) is 11.5 Å². The molecule has 0 saturated heterocycles. The van der Waals surface area contributed by atoms with Crippen LogP contribution in [0.1, 0.15) is 29.5 Å². The molecule has 0 aromatic heterocycles. The van der Waals surface area contributed by atoms with Crippen LogP contribution >= 0.6 is 0 Å². The summed E-state index contributed by atoms with van der Waals surface area (Å²) in [5, 5.41) is 20.1. The van der Waals surface area contributed by atoms with Crippen LogP contribution in [0.25, 0.3) is 11.6 Å². The number of aliphatic hydroxyl groups is 1. The number of methoxy groups -OCH3 is 1. The van der Waals surface area contributed by atoms with Crippen molar-refractivity contribution in [3.8, 4) is 11.5 Å². The first-order chi connectivity index (χ1) is 13.6. The summed E-state index contributed by atoms with van der Waals surface area (Å²) in [5.41, 5.74) is 7.10. The molecule has 1 spiro atoms. The monoisotopic (exact) mass is 370 g/mol. The van der Waals surface area contributed by atoms with Crippen molar-refractivity contribution in [3.05, 3.63) is 94.3 Å². The first kappa shape index (κ1) is 16.9. The molecule has 3 aliphatic rings. The molecule has 0 heterocycles. The zero-order valence-electron chi connectivity index (χ0n) is 15.8. The second-order valence-corrected chi connectivity index (χ2v) is 7.85. The molecule has 0 aliphatic heterocycles. The van der Waals surface area contributed by atoms with Gasteiger partial charge in [-0.05, 0) is 89.1 Å². The first-order valence-electron chi connectivity index (χ1n) is 9.57. The predicted molar refractivity (Wildman–Crippen MR) is 111 cm³/mol. The molecular formula is C25H22O3. The molecule has 2 N–H and O–H groups in total. The average molecular weight is 370 g/mol. The van der Waals surface area contributed by atoms with E-state index in [2.05, 4.69) is 24.3 Å². The molecule has 1 atom stereocenters. The highest BCUT2D eigenvalue weighted by molar-refractivity contribution is 5.92. The minimum atomic E-state index is -0.129. The fourth-order valence-corrected chi connectivity index (χ4v) is 4.76. The van der Waals surface area contributed by atoms with Crippen molar-refractivity contribution in [2.75, 3.05) is 7.11 Å². The molecule has 140 valence electrons. The van der Waals surface area contributed by atoms with E-state index in [1.165, 1.54) is 22.3 Å². The molecule has 28 heavy (non-hydrogen) atoms. The van der Waals surface area contributed by atoms with Gasteiger partial charge in [0.2, 0.25) is 0 Å². The zero-order chi connectivity index (χ0) is 19.3. The van der Waals surface area contributed by atoms with Crippen molar-refractivity contribution in [1.82, 2.24) is 0 Å². The van der Waals surface area contributed by atoms with Gasteiger partial charge in [0.15, 0.2) is 0 Å². The molecule has 0 bridgehead atoms. The number of hydrogen-bond donors (Lipinski definition) is 2. The Balaban J connectivity index is 1.64. The highest BCUT2D eigenvalue weighted by atomic mass is 16.5. The fourth-order valence-electron chi connectivity index (χ4n) is 4.76. The van der Waals surface area contributed by atoms with Gasteiger partial charge in [0.1, 0.15) is 17.3 Å². The second kappa shape index (κ2) is 6.16. The topological polar surface area (TPSA) is 49.7 Å². The first-order valence-corrected chi connectivity index (χ1v) is 9.57. The Kier molecular flexibility index (Phi) is 3.73. The van der Waals surface area contributed by atoms with Crippen LogP contribution in [0.4, 0.5) is 0 Å². The molecule has 5 rings (SSSR count). The molecular weight excluding hydrogens is 348 g/mol. The third-order valence-electron chi connectivity index (χ3n) is 6.07. The Morgan fingerprint density at radius 1 is 1.00 bits per heavy atom. The maximum Gasteiger partial charge on any atom is 0.118 e. The summed E-state index contributed by atoms with van der Waals surface area (Å²) >= 11 is 0. The Morgan fingerprint density at radius 3 is 2.61 bits per heavy atom. The number of allylic oxidation sites excluding steroid dienone is 6. The summed E-state index contributed by atoms with van der Waals surface area (Å²) in [6.45, 7) is 0. The highest BCUT2D eigenvalue weighted by Crippen LogP contribution is 2.58. The molecule has 0 saturated carbocycles. The predicted octanol–water partition coefficient (Wildman–Crippen LogP) is 5.59. The van der Waals surface area contributed by atoms with Gasteiger partial charge in [-0.1, -0.05) is 30.4 Å². The molecule has 1 unspecified atom stereocenters. The zero-order valence-corrected chi connectivity index (χ0v) is 15.8. The van der Waals surface area contributed by atoms with Crippen LogP contribution < -0.4 is 4.74 Å². The summed E-state index contributed by atoms with van der Waals surface area (Å²) in [6.07, 6.45) is 10.9. The van der Waals surface area contributed by atoms with Gasteiger partial charge in [0, 0.05) is 5.41 Å². The molecule has 3 aliphatic carbocycles. The Morgan fingerprint density at radius 2 is 1.82 bits per heavy atom. The Hall–Kier alpha value is -3.20. The molecule has 3 heteroatoms. The summed E-state index contributed by atoms with van der Waals surface area (Å²) < 4.78 is 5.28. The van der Waals surface area contributed by atoms with E-state index in [1.807, 2.05) is 36.4 Å². The van der Waals surface area contributed by atoms with Gasteiger partial charge in [0.25, 0.3) is 0 Å². The molecule has 2 aromatic carbocycles. The van der Waals surface area contributed by atoms with Crippen LogP contribution in [0.3, 0.4) is 0 Å². The fraction of sp³-hybridized carbons (Fsp3) is 0.200. The lowest BCUT2D eigenvalue weighted by Gasteiger charge is -2.24. The molecule has 0 fully saturated rings. The van der Waals surface area contributed by atoms with E-state index in [0.717, 1.165) is 36.1 Å². The smallest absolute Gasteiger partial charge is 0.118 e. The quantitative estimate of drug-likeness (QED) is 0.725. The van der Waals surface area contributed by atoms with Gasteiger partial charge in [-0.2, -0.15) is 0 Å². The minimum Gasteiger partial charge on any atom is -0.508 e. The van der Waals surface area contributed by atoms with Gasteiger partial charge >= 0.3 is 0 Å². The van der Waals surface area contributed by atoms with E-state index >= 15 is 0 Å². The van der Waals surface area contributed by atoms with Gasteiger partial charge in [-0.25, -0.2) is 0 Å². The van der Waals surface area contributed by atoms with Crippen LogP contribution in [-0.2, 0) is 6.42 Å². The lowest BCUT2D eigenvalue weighted by molar-refractivity contribution is 0.415. The van der Waals surface area contributed by atoms with E-state index in [1.54, 1.807) is 13.2 Å². The maximum absolute atomic E-state index is 10.1. The van der Waals surface area contributed by atoms with Gasteiger partial charge in [-0.15, -0.1) is 0 Å². The minimum absolute atomic E-state index is 0.129. The molecule has 0 radical (unpaired) electrons. The summed E-state index contributed by atoms with van der Waals surface area (Å²) in [4.78, 5) is 0. The third-order valence-corrected chi connectivity index (χ3v) is 6.07. The van der Waals surface area contributed by atoms with Crippen LogP contribution in [-0.4, -0.2) is 17.3 Å². The largest absolute Gasteiger partial charge is 0.508 e. The standard InChI is InChI=1S/C25H22O3/c1-28-22-8-2-16(3-9-22)10-24-23-12-21(27)7-5-18(23)14-25(24)13-17-4-6-20(26)11-19(17)15-25/h2-3,5-13,26-27H,4,14-15H2,1H3/b24-10-. The van der Waals surface area contributed by atoms with Crippen molar-refractivity contribution < 1.29 is 14.9 Å². The Bertz CT molecular complexity index is 1080. The second-order valence-electron chi connectivity index (χ2n) is 7.85. The normalized spacial score (nSPS) is 23.9. The van der Waals surface area contributed by atoms with E-state index in [4.69, 9.17) is 4.74 Å². The maximum atomic E-state index is 10.1. The molecule has 2 aromatic rings. The molecule has 0 amide bonds. The number of rotatable bonds is 2. The van der Waals surface area contributed by atoms with Gasteiger partial charge in [-0.3, -0.25) is 0 Å². The number of benzene rings is 2. The Labute approximate surface area is 164 Å². The molecule has 3 nitrogen and oxygen atoms in total. The summed E-state index contributed by atoms with van der Waals surface area (Å²) in [5.74, 6) is 1.48. The average Bonchev–Trinajstić information content (AvgIpc) is 3.19. The summed E-state index contributed by atoms with van der Waals surface area (Å²) in [7, 11) is 1.67. The third kappa shape index (κ3) is 2.66. The number of aromatic hydroxyl groups is 1. The van der Waals surface area contributed by atoms with E-state index < -0.39 is 0 Å². The van der Waals surface area contributed by atoms with Crippen LogP contribution in [0.2, 0.25) is 0 Å². The van der Waals surface area contributed by atoms with Gasteiger partial charge < -0.3 is 14.9 Å². The van der Waals surface area contributed by atoms with Crippen LogP contribution in [0.15, 0.2) is 77.6 Å². The van der Waals surface area contributed by atoms with Crippen LogP contribution in [0, 0.1) is 5.41 Å². The summed E-state index contributed by atoms with van der Waals surface area (Å²) in [6, 6.07) is 13.7. The lowest BCUT2D eigenvalue weighted by Crippen LogP contribution is -2.14. The number of aliphatic hydroxyl groups excluding tert-OH is 1. The van der Waals surface area contributed by atoms with Gasteiger partial charge in [0.05, 0.1) is 7.11 Å². The highest BCUT2D eigenvalue weighted by Gasteiger charge is 2.45. The lowest BCUT2D eigenvalue weighted by atomic mass is 9.78. The number of phenolic OH excluding ortho intramolecular Hbond substituents is 1.